The SMILES string of the molecule is CC(C)N(C(=O)COC(=O)CCN1C(=O)NC2(CCCC2)C1=O)c1ccccc1. The van der Waals surface area contributed by atoms with Crippen LogP contribution >= 0.6 is 0 Å². The Balaban J connectivity index is 1.50. The minimum absolute atomic E-state index is 0.0496. The smallest absolute Gasteiger partial charge is 0.325 e. The molecule has 4 amide bonds. The van der Waals surface area contributed by atoms with Gasteiger partial charge < -0.3 is 15.0 Å². The molecule has 1 saturated carbocycles. The minimum Gasteiger partial charge on any atom is -0.455 e. The van der Waals surface area contributed by atoms with E-state index < -0.39 is 24.1 Å². The highest BCUT2D eigenvalue weighted by molar-refractivity contribution is 6.07. The van der Waals surface area contributed by atoms with Crippen LogP contribution in [0.5, 0.6) is 0 Å². The average molecular weight is 401 g/mol. The van der Waals surface area contributed by atoms with Gasteiger partial charge in [0.1, 0.15) is 5.54 Å². The minimum atomic E-state index is -0.787. The van der Waals surface area contributed by atoms with Crippen LogP contribution in [-0.2, 0) is 19.1 Å². The van der Waals surface area contributed by atoms with E-state index in [1.165, 1.54) is 0 Å². The number of hydrogen-bond acceptors (Lipinski definition) is 5. The van der Waals surface area contributed by atoms with E-state index in [4.69, 9.17) is 4.74 Å². The van der Waals surface area contributed by atoms with Gasteiger partial charge in [0, 0.05) is 18.3 Å². The monoisotopic (exact) mass is 401 g/mol. The maximum absolute atomic E-state index is 12.6. The molecule has 29 heavy (non-hydrogen) atoms. The second-order valence-electron chi connectivity index (χ2n) is 7.78. The molecule has 1 N–H and O–H groups in total. The summed E-state index contributed by atoms with van der Waals surface area (Å²) in [4.78, 5) is 52.0. The van der Waals surface area contributed by atoms with Crippen LogP contribution in [0.1, 0.15) is 46.0 Å². The molecule has 0 bridgehead atoms. The highest BCUT2D eigenvalue weighted by Gasteiger charge is 2.52. The van der Waals surface area contributed by atoms with E-state index in [0.717, 1.165) is 23.4 Å². The van der Waals surface area contributed by atoms with Crippen LogP contribution in [0.15, 0.2) is 30.3 Å². The summed E-state index contributed by atoms with van der Waals surface area (Å²) in [6, 6.07) is 8.59. The van der Waals surface area contributed by atoms with Gasteiger partial charge in [-0.05, 0) is 38.8 Å². The zero-order valence-electron chi connectivity index (χ0n) is 16.8. The van der Waals surface area contributed by atoms with Crippen molar-refractivity contribution in [2.75, 3.05) is 18.1 Å². The number of imide groups is 1. The predicted octanol–water partition coefficient (Wildman–Crippen LogP) is 2.23. The van der Waals surface area contributed by atoms with Crippen molar-refractivity contribution in [2.45, 2.75) is 57.5 Å². The summed E-state index contributed by atoms with van der Waals surface area (Å²) >= 11 is 0. The van der Waals surface area contributed by atoms with E-state index >= 15 is 0 Å². The van der Waals surface area contributed by atoms with Gasteiger partial charge >= 0.3 is 12.0 Å². The molecule has 8 heteroatoms. The number of carbonyl (C=O) groups excluding carboxylic acids is 4. The maximum atomic E-state index is 12.6. The molecular weight excluding hydrogens is 374 g/mol. The Kier molecular flexibility index (Phi) is 6.20. The number of nitrogens with zero attached hydrogens (tertiary/aromatic N) is 2. The molecule has 0 aromatic heterocycles. The number of benzene rings is 1. The van der Waals surface area contributed by atoms with Crippen molar-refractivity contribution in [2.24, 2.45) is 0 Å². The van der Waals surface area contributed by atoms with Crippen molar-refractivity contribution in [3.05, 3.63) is 30.3 Å². The van der Waals surface area contributed by atoms with Gasteiger partial charge in [-0.1, -0.05) is 31.0 Å². The Morgan fingerprint density at radius 2 is 1.83 bits per heavy atom. The number of para-hydroxylation sites is 1. The molecule has 1 aromatic carbocycles. The van der Waals surface area contributed by atoms with Crippen molar-refractivity contribution in [1.82, 2.24) is 10.2 Å². The molecule has 2 fully saturated rings. The van der Waals surface area contributed by atoms with Gasteiger partial charge in [0.2, 0.25) is 0 Å². The summed E-state index contributed by atoms with van der Waals surface area (Å²) in [5.74, 6) is -1.22. The first-order chi connectivity index (χ1) is 13.8. The molecule has 0 radical (unpaired) electrons. The quantitative estimate of drug-likeness (QED) is 0.558. The van der Waals surface area contributed by atoms with E-state index in [1.54, 1.807) is 4.90 Å². The Hall–Kier alpha value is -2.90. The van der Waals surface area contributed by atoms with Crippen molar-refractivity contribution >= 4 is 29.5 Å². The van der Waals surface area contributed by atoms with Gasteiger partial charge in [0.05, 0.1) is 6.42 Å². The molecule has 0 atom stereocenters. The van der Waals surface area contributed by atoms with Gasteiger partial charge in [0.15, 0.2) is 6.61 Å². The molecule has 1 heterocycles. The number of amides is 4. The molecule has 1 aliphatic carbocycles. The Morgan fingerprint density at radius 1 is 1.17 bits per heavy atom. The van der Waals surface area contributed by atoms with Gasteiger partial charge in [-0.2, -0.15) is 0 Å². The first-order valence-electron chi connectivity index (χ1n) is 10.0. The van der Waals surface area contributed by atoms with Crippen molar-refractivity contribution in [1.29, 1.82) is 0 Å². The molecule has 1 aliphatic heterocycles. The summed E-state index contributed by atoms with van der Waals surface area (Å²) in [5.41, 5.74) is -0.0607. The Labute approximate surface area is 170 Å². The van der Waals surface area contributed by atoms with E-state index in [2.05, 4.69) is 5.32 Å². The third-order valence-electron chi connectivity index (χ3n) is 5.42. The fourth-order valence-corrected chi connectivity index (χ4v) is 4.00. The first kappa shape index (κ1) is 20.8. The molecule has 0 unspecified atom stereocenters. The largest absolute Gasteiger partial charge is 0.455 e. The molecule has 1 aromatic rings. The summed E-state index contributed by atoms with van der Waals surface area (Å²) in [7, 11) is 0. The summed E-state index contributed by atoms with van der Waals surface area (Å²) in [6.07, 6.45) is 2.93. The van der Waals surface area contributed by atoms with Crippen LogP contribution in [-0.4, -0.2) is 53.4 Å². The summed E-state index contributed by atoms with van der Waals surface area (Å²) in [6.45, 7) is 3.31. The molecule has 3 rings (SSSR count). The third kappa shape index (κ3) is 4.41. The van der Waals surface area contributed by atoms with Crippen molar-refractivity contribution in [3.8, 4) is 0 Å². The lowest BCUT2D eigenvalue weighted by atomic mass is 9.98. The van der Waals surface area contributed by atoms with Crippen LogP contribution in [0, 0.1) is 0 Å². The molecule has 156 valence electrons. The summed E-state index contributed by atoms with van der Waals surface area (Å²) < 4.78 is 5.10. The number of anilines is 1. The topological polar surface area (TPSA) is 96.0 Å². The van der Waals surface area contributed by atoms with Crippen molar-refractivity contribution < 1.29 is 23.9 Å². The standard InChI is InChI=1S/C21H27N3O5/c1-15(2)24(16-8-4-3-5-9-16)17(25)14-29-18(26)10-13-23-19(27)21(22-20(23)28)11-6-7-12-21/h3-5,8-9,15H,6-7,10-14H2,1-2H3,(H,22,28). The fraction of sp³-hybridized carbons (Fsp3) is 0.524. The number of rotatable bonds is 7. The van der Waals surface area contributed by atoms with Crippen LogP contribution in [0.4, 0.5) is 10.5 Å². The van der Waals surface area contributed by atoms with Gasteiger partial charge in [-0.3, -0.25) is 19.3 Å². The maximum Gasteiger partial charge on any atom is 0.325 e. The second kappa shape index (κ2) is 8.63. The van der Waals surface area contributed by atoms with Crippen LogP contribution < -0.4 is 10.2 Å². The molecule has 1 spiro atoms. The third-order valence-corrected chi connectivity index (χ3v) is 5.42. The number of esters is 1. The number of hydrogen-bond donors (Lipinski definition) is 1. The van der Waals surface area contributed by atoms with Crippen molar-refractivity contribution in [3.63, 3.8) is 0 Å². The predicted molar refractivity (Wildman–Crippen MR) is 106 cm³/mol. The highest BCUT2D eigenvalue weighted by atomic mass is 16.5. The molecule has 2 aliphatic rings. The lowest BCUT2D eigenvalue weighted by molar-refractivity contribution is -0.148. The van der Waals surface area contributed by atoms with Crippen LogP contribution in [0.2, 0.25) is 0 Å². The Morgan fingerprint density at radius 3 is 2.45 bits per heavy atom. The molecular formula is C21H27N3O5. The second-order valence-corrected chi connectivity index (χ2v) is 7.78. The van der Waals surface area contributed by atoms with Gasteiger partial charge in [-0.15, -0.1) is 0 Å². The molecule has 1 saturated heterocycles. The number of carbonyl (C=O) groups is 4. The normalized spacial score (nSPS) is 17.7. The zero-order valence-corrected chi connectivity index (χ0v) is 16.8. The van der Waals surface area contributed by atoms with E-state index in [0.29, 0.717) is 12.8 Å². The van der Waals surface area contributed by atoms with E-state index in [1.807, 2.05) is 44.2 Å². The van der Waals surface area contributed by atoms with E-state index in [9.17, 15) is 19.2 Å². The Bertz CT molecular complexity index is 787. The van der Waals surface area contributed by atoms with E-state index in [-0.39, 0.29) is 30.8 Å². The van der Waals surface area contributed by atoms with Crippen LogP contribution in [0.25, 0.3) is 0 Å². The first-order valence-corrected chi connectivity index (χ1v) is 10.0. The summed E-state index contributed by atoms with van der Waals surface area (Å²) in [5, 5.41) is 2.77. The zero-order chi connectivity index (χ0) is 21.0. The average Bonchev–Trinajstić information content (AvgIpc) is 3.25. The highest BCUT2D eigenvalue weighted by Crippen LogP contribution is 2.35. The lowest BCUT2D eigenvalue weighted by Crippen LogP contribution is -2.44. The fourth-order valence-electron chi connectivity index (χ4n) is 4.00. The van der Waals surface area contributed by atoms with Crippen LogP contribution in [0.3, 0.4) is 0 Å². The van der Waals surface area contributed by atoms with Gasteiger partial charge in [-0.25, -0.2) is 4.79 Å². The lowest BCUT2D eigenvalue weighted by Gasteiger charge is -2.26. The number of ether oxygens (including phenoxy) is 1. The van der Waals surface area contributed by atoms with Gasteiger partial charge in [0.25, 0.3) is 11.8 Å². The number of nitrogens with one attached hydrogen (secondary N) is 1. The molecule has 8 nitrogen and oxygen atoms in total. The number of urea groups is 1.